The topological polar surface area (TPSA) is 96.5 Å². The number of sulfonamides is 1. The summed E-state index contributed by atoms with van der Waals surface area (Å²) in [6.07, 6.45) is 0.407. The van der Waals surface area contributed by atoms with Crippen molar-refractivity contribution in [2.45, 2.75) is 18.2 Å². The standard InChI is InChI=1S/C25H26ClN3O4S2/c1-3-27-25(34)29-35(31,32)23-15-17(9-11-20(23)18-7-5-4-6-8-18)13-14-28-24(30)21-16-19(26)10-12-22(21)33-2/h4-12,15-16H,3,13-14H2,1-2H3,(H,28,30)(H2,27,29,34). The molecule has 184 valence electrons. The number of rotatable bonds is 9. The SMILES string of the molecule is CCNC(=S)NS(=O)(=O)c1cc(CCNC(=O)c2cc(Cl)ccc2OC)ccc1-c1ccccc1. The van der Waals surface area contributed by atoms with E-state index in [1.807, 2.05) is 43.3 Å². The Bertz CT molecular complexity index is 1320. The maximum atomic E-state index is 13.2. The lowest BCUT2D eigenvalue weighted by Gasteiger charge is -2.15. The lowest BCUT2D eigenvalue weighted by Crippen LogP contribution is -2.39. The monoisotopic (exact) mass is 531 g/mol. The number of carbonyl (C=O) groups excluding carboxylic acids is 1. The van der Waals surface area contributed by atoms with Gasteiger partial charge in [0.05, 0.1) is 17.6 Å². The first-order valence-electron chi connectivity index (χ1n) is 10.9. The van der Waals surface area contributed by atoms with Gasteiger partial charge in [0.25, 0.3) is 15.9 Å². The molecule has 0 saturated heterocycles. The molecule has 0 radical (unpaired) electrons. The van der Waals surface area contributed by atoms with Gasteiger partial charge >= 0.3 is 0 Å². The number of hydrogen-bond acceptors (Lipinski definition) is 5. The Morgan fingerprint density at radius 1 is 1.03 bits per heavy atom. The summed E-state index contributed by atoms with van der Waals surface area (Å²) >= 11 is 11.1. The molecule has 3 aromatic rings. The highest BCUT2D eigenvalue weighted by molar-refractivity contribution is 7.92. The second-order valence-corrected chi connectivity index (χ2v) is 10.0. The molecule has 0 heterocycles. The molecule has 0 saturated carbocycles. The number of benzene rings is 3. The van der Waals surface area contributed by atoms with Crippen LogP contribution in [0.1, 0.15) is 22.8 Å². The lowest BCUT2D eigenvalue weighted by molar-refractivity contribution is 0.0951. The predicted molar refractivity (Wildman–Crippen MR) is 143 cm³/mol. The average molecular weight is 532 g/mol. The Balaban J connectivity index is 1.83. The molecule has 10 heteroatoms. The number of hydrogen-bond donors (Lipinski definition) is 3. The second-order valence-electron chi connectivity index (χ2n) is 7.51. The molecule has 0 aliphatic rings. The van der Waals surface area contributed by atoms with Crippen LogP contribution in [0.5, 0.6) is 5.75 Å². The van der Waals surface area contributed by atoms with Gasteiger partial charge < -0.3 is 15.4 Å². The van der Waals surface area contributed by atoms with E-state index in [1.54, 1.807) is 24.3 Å². The highest BCUT2D eigenvalue weighted by atomic mass is 35.5. The third-order valence-electron chi connectivity index (χ3n) is 5.09. The lowest BCUT2D eigenvalue weighted by atomic mass is 10.0. The van der Waals surface area contributed by atoms with Gasteiger partial charge in [0.2, 0.25) is 0 Å². The molecular formula is C25H26ClN3O4S2. The Hall–Kier alpha value is -3.14. The zero-order valence-corrected chi connectivity index (χ0v) is 21.7. The Morgan fingerprint density at radius 3 is 2.46 bits per heavy atom. The molecule has 0 unspecified atom stereocenters. The van der Waals surface area contributed by atoms with E-state index in [0.29, 0.717) is 34.9 Å². The first-order valence-corrected chi connectivity index (χ1v) is 13.1. The van der Waals surface area contributed by atoms with Gasteiger partial charge in [-0.15, -0.1) is 0 Å². The molecule has 0 fully saturated rings. The van der Waals surface area contributed by atoms with Crippen molar-refractivity contribution < 1.29 is 17.9 Å². The largest absolute Gasteiger partial charge is 0.496 e. The van der Waals surface area contributed by atoms with Crippen LogP contribution >= 0.6 is 23.8 Å². The minimum atomic E-state index is -3.95. The summed E-state index contributed by atoms with van der Waals surface area (Å²) in [7, 11) is -2.48. The summed E-state index contributed by atoms with van der Waals surface area (Å²) in [5.41, 5.74) is 2.37. The van der Waals surface area contributed by atoms with Crippen molar-refractivity contribution in [2.24, 2.45) is 0 Å². The molecule has 0 aromatic heterocycles. The van der Waals surface area contributed by atoms with Gasteiger partial charge in [-0.3, -0.25) is 9.52 Å². The molecule has 0 aliphatic heterocycles. The van der Waals surface area contributed by atoms with E-state index in [4.69, 9.17) is 28.6 Å². The van der Waals surface area contributed by atoms with Gasteiger partial charge in [0.15, 0.2) is 5.11 Å². The second kappa shape index (κ2) is 12.0. The zero-order valence-electron chi connectivity index (χ0n) is 19.3. The quantitative estimate of drug-likeness (QED) is 0.359. The van der Waals surface area contributed by atoms with Crippen LogP contribution in [0.4, 0.5) is 0 Å². The van der Waals surface area contributed by atoms with Crippen LogP contribution in [0.2, 0.25) is 5.02 Å². The number of halogens is 1. The van der Waals surface area contributed by atoms with Gasteiger partial charge in [0.1, 0.15) is 5.75 Å². The van der Waals surface area contributed by atoms with E-state index in [-0.39, 0.29) is 22.5 Å². The summed E-state index contributed by atoms with van der Waals surface area (Å²) in [5, 5.41) is 6.07. The van der Waals surface area contributed by atoms with Crippen molar-refractivity contribution in [3.63, 3.8) is 0 Å². The van der Waals surface area contributed by atoms with Crippen molar-refractivity contribution in [1.29, 1.82) is 0 Å². The summed E-state index contributed by atoms with van der Waals surface area (Å²) in [6, 6.07) is 19.2. The molecule has 0 spiro atoms. The normalized spacial score (nSPS) is 10.9. The molecule has 35 heavy (non-hydrogen) atoms. The number of carbonyl (C=O) groups is 1. The van der Waals surface area contributed by atoms with Crippen LogP contribution < -0.4 is 20.1 Å². The van der Waals surface area contributed by atoms with Crippen LogP contribution in [0, 0.1) is 0 Å². The maximum absolute atomic E-state index is 13.2. The van der Waals surface area contributed by atoms with E-state index in [1.165, 1.54) is 13.2 Å². The van der Waals surface area contributed by atoms with Crippen molar-refractivity contribution in [3.05, 3.63) is 82.9 Å². The summed E-state index contributed by atoms with van der Waals surface area (Å²) in [4.78, 5) is 12.7. The summed E-state index contributed by atoms with van der Waals surface area (Å²) < 4.78 is 34.1. The van der Waals surface area contributed by atoms with E-state index in [0.717, 1.165) is 11.1 Å². The maximum Gasteiger partial charge on any atom is 0.264 e. The fraction of sp³-hybridized carbons (Fsp3) is 0.200. The minimum absolute atomic E-state index is 0.0275. The zero-order chi connectivity index (χ0) is 25.4. The number of methoxy groups -OCH3 is 1. The van der Waals surface area contributed by atoms with Crippen molar-refractivity contribution in [2.75, 3.05) is 20.2 Å². The molecule has 0 bridgehead atoms. The van der Waals surface area contributed by atoms with Crippen molar-refractivity contribution in [1.82, 2.24) is 15.4 Å². The predicted octanol–water partition coefficient (Wildman–Crippen LogP) is 4.16. The molecule has 0 aliphatic carbocycles. The van der Waals surface area contributed by atoms with E-state index >= 15 is 0 Å². The number of ether oxygens (including phenoxy) is 1. The fourth-order valence-corrected chi connectivity index (χ4v) is 5.30. The van der Waals surface area contributed by atoms with E-state index < -0.39 is 10.0 Å². The fourth-order valence-electron chi connectivity index (χ4n) is 3.45. The van der Waals surface area contributed by atoms with Gasteiger partial charge in [-0.2, -0.15) is 0 Å². The van der Waals surface area contributed by atoms with Gasteiger partial charge in [0, 0.05) is 23.7 Å². The minimum Gasteiger partial charge on any atom is -0.496 e. The molecule has 7 nitrogen and oxygen atoms in total. The summed E-state index contributed by atoms with van der Waals surface area (Å²) in [5.74, 6) is 0.0750. The summed E-state index contributed by atoms with van der Waals surface area (Å²) in [6.45, 7) is 2.59. The van der Waals surface area contributed by atoms with Gasteiger partial charge in [-0.1, -0.05) is 54.1 Å². The highest BCUT2D eigenvalue weighted by Gasteiger charge is 2.21. The van der Waals surface area contributed by atoms with E-state index in [2.05, 4.69) is 15.4 Å². The Morgan fingerprint density at radius 2 is 1.77 bits per heavy atom. The molecule has 3 aromatic carbocycles. The average Bonchev–Trinajstić information content (AvgIpc) is 2.84. The Labute approximate surface area is 215 Å². The first-order chi connectivity index (χ1) is 16.7. The van der Waals surface area contributed by atoms with Gasteiger partial charge in [-0.25, -0.2) is 8.42 Å². The van der Waals surface area contributed by atoms with Crippen molar-refractivity contribution >= 4 is 44.9 Å². The number of thiocarbonyl (C=S) groups is 1. The Kier molecular flexibility index (Phi) is 9.08. The first kappa shape index (κ1) is 26.5. The molecule has 3 N–H and O–H groups in total. The molecule has 1 amide bonds. The van der Waals surface area contributed by atoms with Crippen LogP contribution in [0.3, 0.4) is 0 Å². The molecule has 0 atom stereocenters. The van der Waals surface area contributed by atoms with Crippen LogP contribution in [-0.2, 0) is 16.4 Å². The van der Waals surface area contributed by atoms with E-state index in [9.17, 15) is 13.2 Å². The third kappa shape index (κ3) is 6.94. The molecular weight excluding hydrogens is 506 g/mol. The number of amides is 1. The van der Waals surface area contributed by atoms with Crippen LogP contribution in [0.25, 0.3) is 11.1 Å². The number of nitrogens with one attached hydrogen (secondary N) is 3. The molecule has 3 rings (SSSR count). The highest BCUT2D eigenvalue weighted by Crippen LogP contribution is 2.28. The smallest absolute Gasteiger partial charge is 0.264 e. The third-order valence-corrected chi connectivity index (χ3v) is 7.09. The van der Waals surface area contributed by atoms with Crippen LogP contribution in [-0.4, -0.2) is 39.6 Å². The van der Waals surface area contributed by atoms with Gasteiger partial charge in [-0.05, 0) is 61.0 Å². The van der Waals surface area contributed by atoms with Crippen LogP contribution in [0.15, 0.2) is 71.6 Å². The van der Waals surface area contributed by atoms with Crippen molar-refractivity contribution in [3.8, 4) is 16.9 Å².